The molecule has 118 valence electrons. The molecule has 1 aromatic rings. The molecule has 5 nitrogen and oxygen atoms in total. The predicted molar refractivity (Wildman–Crippen MR) is 83.9 cm³/mol. The van der Waals surface area contributed by atoms with Crippen molar-refractivity contribution in [2.45, 2.75) is 26.8 Å². The van der Waals surface area contributed by atoms with Crippen molar-refractivity contribution in [3.05, 3.63) is 29.3 Å². The van der Waals surface area contributed by atoms with Gasteiger partial charge in [-0.05, 0) is 37.2 Å². The first-order valence-corrected chi connectivity index (χ1v) is 7.36. The maximum Gasteiger partial charge on any atom is 0.325 e. The monoisotopic (exact) mass is 294 g/mol. The number of carboxylic acids is 1. The summed E-state index contributed by atoms with van der Waals surface area (Å²) in [7, 11) is 1.61. The van der Waals surface area contributed by atoms with E-state index in [4.69, 9.17) is 4.74 Å². The molecule has 0 bridgehead atoms. The van der Waals surface area contributed by atoms with Crippen LogP contribution in [-0.4, -0.2) is 49.3 Å². The molecule has 0 spiro atoms. The molecule has 1 unspecified atom stereocenters. The van der Waals surface area contributed by atoms with Crippen molar-refractivity contribution in [2.75, 3.05) is 33.3 Å². The predicted octanol–water partition coefficient (Wildman–Crippen LogP) is 2.06. The molecule has 0 aliphatic rings. The minimum atomic E-state index is -0.862. The fourth-order valence-corrected chi connectivity index (χ4v) is 2.34. The number of carbonyl (C=O) groups is 1. The Balaban J connectivity index is 2.73. The Hall–Kier alpha value is -1.59. The molecule has 0 aliphatic carbocycles. The van der Waals surface area contributed by atoms with Crippen molar-refractivity contribution in [3.63, 3.8) is 0 Å². The molecule has 1 atom stereocenters. The van der Waals surface area contributed by atoms with Crippen LogP contribution in [0.4, 0.5) is 0 Å². The van der Waals surface area contributed by atoms with Crippen molar-refractivity contribution < 1.29 is 14.6 Å². The molecule has 0 radical (unpaired) electrons. The summed E-state index contributed by atoms with van der Waals surface area (Å²) >= 11 is 0. The molecule has 5 heteroatoms. The van der Waals surface area contributed by atoms with Gasteiger partial charge in [0.1, 0.15) is 11.8 Å². The van der Waals surface area contributed by atoms with Crippen LogP contribution in [0.5, 0.6) is 5.75 Å². The highest BCUT2D eigenvalue weighted by Crippen LogP contribution is 2.22. The van der Waals surface area contributed by atoms with Crippen molar-refractivity contribution in [1.82, 2.24) is 10.2 Å². The van der Waals surface area contributed by atoms with E-state index in [1.165, 1.54) is 0 Å². The van der Waals surface area contributed by atoms with Crippen molar-refractivity contribution >= 4 is 5.97 Å². The zero-order valence-corrected chi connectivity index (χ0v) is 13.3. The molecule has 21 heavy (non-hydrogen) atoms. The molecule has 1 aromatic carbocycles. The van der Waals surface area contributed by atoms with E-state index in [0.29, 0.717) is 6.54 Å². The molecule has 0 saturated carbocycles. The standard InChI is InChI=1S/C16H26N2O3/c1-5-18(6-2)10-9-17-15(16(19)20)13-7-8-14(21-4)12(3)11-13/h7-8,11,15,17H,5-6,9-10H2,1-4H3,(H,19,20). The number of nitrogens with one attached hydrogen (secondary N) is 1. The zero-order chi connectivity index (χ0) is 15.8. The second-order valence-corrected chi connectivity index (χ2v) is 4.98. The van der Waals surface area contributed by atoms with Crippen LogP contribution in [-0.2, 0) is 4.79 Å². The first-order valence-electron chi connectivity index (χ1n) is 7.36. The quantitative estimate of drug-likeness (QED) is 0.730. The number of aryl methyl sites for hydroxylation is 1. The van der Waals surface area contributed by atoms with E-state index < -0.39 is 12.0 Å². The maximum atomic E-state index is 11.5. The fourth-order valence-electron chi connectivity index (χ4n) is 2.34. The zero-order valence-electron chi connectivity index (χ0n) is 13.3. The number of likely N-dealkylation sites (N-methyl/N-ethyl adjacent to an activating group) is 1. The van der Waals surface area contributed by atoms with E-state index in [1.807, 2.05) is 19.1 Å². The van der Waals surface area contributed by atoms with Gasteiger partial charge in [-0.25, -0.2) is 0 Å². The van der Waals surface area contributed by atoms with Gasteiger partial charge in [-0.2, -0.15) is 0 Å². The van der Waals surface area contributed by atoms with Gasteiger partial charge in [0.2, 0.25) is 0 Å². The molecule has 2 N–H and O–H groups in total. The van der Waals surface area contributed by atoms with Gasteiger partial charge in [-0.3, -0.25) is 10.1 Å². The van der Waals surface area contributed by atoms with Gasteiger partial charge >= 0.3 is 5.97 Å². The topological polar surface area (TPSA) is 61.8 Å². The number of hydrogen-bond donors (Lipinski definition) is 2. The lowest BCUT2D eigenvalue weighted by molar-refractivity contribution is -0.139. The fraction of sp³-hybridized carbons (Fsp3) is 0.562. The van der Waals surface area contributed by atoms with E-state index >= 15 is 0 Å². The van der Waals surface area contributed by atoms with Crippen LogP contribution in [0.3, 0.4) is 0 Å². The molecular formula is C16H26N2O3. The summed E-state index contributed by atoms with van der Waals surface area (Å²) in [5, 5.41) is 12.5. The smallest absolute Gasteiger partial charge is 0.325 e. The molecule has 0 amide bonds. The number of carboxylic acid groups (broad SMARTS) is 1. The summed E-state index contributed by atoms with van der Waals surface area (Å²) in [6.07, 6.45) is 0. The van der Waals surface area contributed by atoms with Gasteiger partial charge in [0.25, 0.3) is 0 Å². The summed E-state index contributed by atoms with van der Waals surface area (Å²) in [4.78, 5) is 13.7. The Morgan fingerprint density at radius 1 is 1.38 bits per heavy atom. The maximum absolute atomic E-state index is 11.5. The van der Waals surface area contributed by atoms with Crippen LogP contribution < -0.4 is 10.1 Å². The van der Waals surface area contributed by atoms with Crippen molar-refractivity contribution in [3.8, 4) is 5.75 Å². The number of methoxy groups -OCH3 is 1. The molecule has 0 heterocycles. The van der Waals surface area contributed by atoms with Crippen molar-refractivity contribution in [2.24, 2.45) is 0 Å². The Labute approximate surface area is 126 Å². The number of aliphatic carboxylic acids is 1. The highest BCUT2D eigenvalue weighted by Gasteiger charge is 2.19. The average molecular weight is 294 g/mol. The van der Waals surface area contributed by atoms with Crippen LogP contribution in [0.1, 0.15) is 31.0 Å². The Kier molecular flexibility index (Phi) is 7.19. The molecule has 0 aliphatic heterocycles. The van der Waals surface area contributed by atoms with Crippen LogP contribution in [0.15, 0.2) is 18.2 Å². The van der Waals surface area contributed by atoms with E-state index in [9.17, 15) is 9.90 Å². The molecule has 0 aromatic heterocycles. The highest BCUT2D eigenvalue weighted by atomic mass is 16.5. The Bertz CT molecular complexity index is 459. The first kappa shape index (κ1) is 17.5. The second-order valence-electron chi connectivity index (χ2n) is 4.98. The SMILES string of the molecule is CCN(CC)CCNC(C(=O)O)c1ccc(OC)c(C)c1. The van der Waals surface area contributed by atoms with Crippen LogP contribution >= 0.6 is 0 Å². The average Bonchev–Trinajstić information content (AvgIpc) is 2.47. The number of hydrogen-bond acceptors (Lipinski definition) is 4. The minimum absolute atomic E-state index is 0.643. The lowest BCUT2D eigenvalue weighted by Gasteiger charge is -2.21. The number of benzene rings is 1. The Morgan fingerprint density at radius 2 is 2.05 bits per heavy atom. The summed E-state index contributed by atoms with van der Waals surface area (Å²) in [5.41, 5.74) is 1.69. The summed E-state index contributed by atoms with van der Waals surface area (Å²) in [6.45, 7) is 9.54. The second kappa shape index (κ2) is 8.64. The lowest BCUT2D eigenvalue weighted by atomic mass is 10.0. The molecule has 1 rings (SSSR count). The highest BCUT2D eigenvalue weighted by molar-refractivity contribution is 5.75. The van der Waals surface area contributed by atoms with Gasteiger partial charge in [-0.1, -0.05) is 26.0 Å². The number of nitrogens with zero attached hydrogens (tertiary/aromatic N) is 1. The molecule has 0 saturated heterocycles. The van der Waals surface area contributed by atoms with Gasteiger partial charge in [0.05, 0.1) is 7.11 Å². The van der Waals surface area contributed by atoms with Gasteiger partial charge in [0, 0.05) is 13.1 Å². The third kappa shape index (κ3) is 5.02. The Morgan fingerprint density at radius 3 is 2.52 bits per heavy atom. The number of rotatable bonds is 9. The van der Waals surface area contributed by atoms with Crippen LogP contribution in [0.2, 0.25) is 0 Å². The third-order valence-electron chi connectivity index (χ3n) is 3.67. The van der Waals surface area contributed by atoms with E-state index in [1.54, 1.807) is 13.2 Å². The number of ether oxygens (including phenoxy) is 1. The lowest BCUT2D eigenvalue weighted by Crippen LogP contribution is -2.36. The van der Waals surface area contributed by atoms with Crippen LogP contribution in [0.25, 0.3) is 0 Å². The van der Waals surface area contributed by atoms with Crippen molar-refractivity contribution in [1.29, 1.82) is 0 Å². The van der Waals surface area contributed by atoms with Gasteiger partial charge in [0.15, 0.2) is 0 Å². The summed E-state index contributed by atoms with van der Waals surface area (Å²) in [6, 6.07) is 4.79. The largest absolute Gasteiger partial charge is 0.496 e. The van der Waals surface area contributed by atoms with Gasteiger partial charge in [-0.15, -0.1) is 0 Å². The van der Waals surface area contributed by atoms with E-state index in [-0.39, 0.29) is 0 Å². The van der Waals surface area contributed by atoms with E-state index in [2.05, 4.69) is 24.1 Å². The normalized spacial score (nSPS) is 12.4. The molecule has 0 fully saturated rings. The summed E-state index contributed by atoms with van der Waals surface area (Å²) < 4.78 is 5.21. The summed E-state index contributed by atoms with van der Waals surface area (Å²) in [5.74, 6) is -0.0925. The third-order valence-corrected chi connectivity index (χ3v) is 3.67. The first-order chi connectivity index (χ1) is 10.0. The molecular weight excluding hydrogens is 268 g/mol. The van der Waals surface area contributed by atoms with Gasteiger partial charge < -0.3 is 14.7 Å². The van der Waals surface area contributed by atoms with Crippen LogP contribution in [0, 0.1) is 6.92 Å². The minimum Gasteiger partial charge on any atom is -0.496 e. The van der Waals surface area contributed by atoms with E-state index in [0.717, 1.165) is 36.5 Å².